The molecule has 1 fully saturated rings. The van der Waals surface area contributed by atoms with E-state index < -0.39 is 17.8 Å². The van der Waals surface area contributed by atoms with Crippen LogP contribution in [0.1, 0.15) is 4.88 Å². The molecule has 8 heteroatoms. The van der Waals surface area contributed by atoms with Crippen molar-refractivity contribution < 1.29 is 19.3 Å². The molecule has 1 aromatic rings. The number of amides is 4. The maximum atomic E-state index is 12.1. The van der Waals surface area contributed by atoms with E-state index in [9.17, 15) is 14.4 Å². The minimum Gasteiger partial charge on any atom is -0.315 e. The largest absolute Gasteiger partial charge is 0.339 e. The average molecular weight is 373 g/mol. The van der Waals surface area contributed by atoms with E-state index in [4.69, 9.17) is 0 Å². The van der Waals surface area contributed by atoms with Crippen LogP contribution < -0.4 is 4.90 Å². The highest BCUT2D eigenvalue weighted by atomic mass is 79.9. The molecule has 1 saturated heterocycles. The summed E-state index contributed by atoms with van der Waals surface area (Å²) in [6.45, 7) is 4.36. The molecule has 0 bridgehead atoms. The molecule has 1 atom stereocenters. The highest BCUT2D eigenvalue weighted by molar-refractivity contribution is 9.11. The summed E-state index contributed by atoms with van der Waals surface area (Å²) in [5, 5.41) is 0. The van der Waals surface area contributed by atoms with Crippen LogP contribution in [0.25, 0.3) is 0 Å². The van der Waals surface area contributed by atoms with Gasteiger partial charge in [0.2, 0.25) is 0 Å². The van der Waals surface area contributed by atoms with Crippen LogP contribution in [0.4, 0.5) is 4.79 Å². The number of imide groups is 2. The van der Waals surface area contributed by atoms with Gasteiger partial charge in [-0.3, -0.25) is 14.5 Å². The number of nitrogens with one attached hydrogen (secondary N) is 1. The van der Waals surface area contributed by atoms with Crippen LogP contribution in [-0.4, -0.2) is 47.9 Å². The fraction of sp³-hybridized carbons (Fsp3) is 0.308. The number of carbonyl (C=O) groups excluding carboxylic acids is 3. The summed E-state index contributed by atoms with van der Waals surface area (Å²) in [6, 6.07) is 3.37. The monoisotopic (exact) mass is 372 g/mol. The fourth-order valence-corrected chi connectivity index (χ4v) is 3.65. The lowest BCUT2D eigenvalue weighted by Gasteiger charge is -2.19. The third-order valence-electron chi connectivity index (χ3n) is 2.98. The minimum absolute atomic E-state index is 0.0524. The summed E-state index contributed by atoms with van der Waals surface area (Å²) in [4.78, 5) is 39.6. The predicted molar refractivity (Wildman–Crippen MR) is 81.6 cm³/mol. The van der Waals surface area contributed by atoms with Crippen molar-refractivity contribution in [1.29, 1.82) is 0 Å². The van der Waals surface area contributed by atoms with Crippen molar-refractivity contribution in [3.8, 4) is 0 Å². The zero-order chi connectivity index (χ0) is 15.6. The molecule has 1 aliphatic rings. The van der Waals surface area contributed by atoms with E-state index in [0.29, 0.717) is 6.54 Å². The van der Waals surface area contributed by atoms with Gasteiger partial charge in [0.05, 0.1) is 15.7 Å². The molecule has 2 rings (SSSR count). The van der Waals surface area contributed by atoms with Gasteiger partial charge in [-0.2, -0.15) is 0 Å². The van der Waals surface area contributed by atoms with E-state index >= 15 is 0 Å². The van der Waals surface area contributed by atoms with Gasteiger partial charge >= 0.3 is 17.8 Å². The molecule has 0 saturated carbocycles. The Morgan fingerprint density at radius 1 is 1.29 bits per heavy atom. The number of halogens is 1. The summed E-state index contributed by atoms with van der Waals surface area (Å²) in [5.41, 5.74) is 0. The number of urea groups is 1. The Labute approximate surface area is 134 Å². The van der Waals surface area contributed by atoms with Crippen LogP contribution in [0.15, 0.2) is 28.6 Å². The second-order valence-corrected chi connectivity index (χ2v) is 7.27. The third kappa shape index (κ3) is 3.39. The van der Waals surface area contributed by atoms with Gasteiger partial charge in [-0.25, -0.2) is 9.69 Å². The first-order chi connectivity index (χ1) is 9.93. The molecular weight excluding hydrogens is 358 g/mol. The number of rotatable bonds is 6. The zero-order valence-electron chi connectivity index (χ0n) is 11.5. The average Bonchev–Trinajstić information content (AvgIpc) is 2.91. The molecule has 0 radical (unpaired) electrons. The fourth-order valence-electron chi connectivity index (χ4n) is 2.05. The lowest BCUT2D eigenvalue weighted by molar-refractivity contribution is -0.900. The van der Waals surface area contributed by atoms with Crippen LogP contribution in [0.3, 0.4) is 0 Å². The molecule has 2 heterocycles. The Kier molecular flexibility index (Phi) is 4.92. The Morgan fingerprint density at radius 3 is 2.52 bits per heavy atom. The van der Waals surface area contributed by atoms with Crippen LogP contribution >= 0.6 is 27.3 Å². The van der Waals surface area contributed by atoms with E-state index in [1.807, 2.05) is 19.2 Å². The SMILES string of the molecule is C=CCN1C(=O)C(=O)N(C[NH+](C)Cc2ccc(Br)s2)C1=O. The number of thiophene rings is 1. The molecule has 1 aromatic heterocycles. The van der Waals surface area contributed by atoms with Gasteiger partial charge < -0.3 is 4.90 Å². The first kappa shape index (κ1) is 15.9. The molecule has 1 N–H and O–H groups in total. The van der Waals surface area contributed by atoms with Crippen molar-refractivity contribution >= 4 is 45.1 Å². The molecule has 112 valence electrons. The Morgan fingerprint density at radius 2 is 1.95 bits per heavy atom. The van der Waals surface area contributed by atoms with Gasteiger partial charge in [-0.15, -0.1) is 17.9 Å². The highest BCUT2D eigenvalue weighted by Crippen LogP contribution is 2.21. The Balaban J connectivity index is 2.01. The van der Waals surface area contributed by atoms with Gasteiger partial charge in [-0.05, 0) is 28.1 Å². The number of hydrogen-bond donors (Lipinski definition) is 1. The second kappa shape index (κ2) is 6.50. The van der Waals surface area contributed by atoms with Gasteiger partial charge in [0, 0.05) is 6.54 Å². The second-order valence-electron chi connectivity index (χ2n) is 4.72. The van der Waals surface area contributed by atoms with Crippen molar-refractivity contribution in [2.75, 3.05) is 20.3 Å². The molecule has 0 spiro atoms. The Hall–Kier alpha value is -1.51. The minimum atomic E-state index is -0.786. The van der Waals surface area contributed by atoms with Crippen molar-refractivity contribution in [1.82, 2.24) is 9.80 Å². The zero-order valence-corrected chi connectivity index (χ0v) is 13.9. The van der Waals surface area contributed by atoms with Crippen molar-refractivity contribution in [2.24, 2.45) is 0 Å². The van der Waals surface area contributed by atoms with Crippen LogP contribution in [0.2, 0.25) is 0 Å². The standard InChI is InChI=1S/C13H14BrN3O3S/c1-3-6-16-11(18)12(19)17(13(16)20)8-15(2)7-9-4-5-10(14)21-9/h3-5H,1,6-8H2,2H3/p+1. The van der Waals surface area contributed by atoms with E-state index in [0.717, 1.165) is 23.4 Å². The first-order valence-electron chi connectivity index (χ1n) is 6.27. The Bertz CT molecular complexity index is 601. The molecule has 0 aliphatic carbocycles. The van der Waals surface area contributed by atoms with Crippen LogP contribution in [0.5, 0.6) is 0 Å². The van der Waals surface area contributed by atoms with E-state index in [-0.39, 0.29) is 13.2 Å². The molecule has 4 amide bonds. The van der Waals surface area contributed by atoms with E-state index in [2.05, 4.69) is 22.5 Å². The number of carbonyl (C=O) groups is 3. The highest BCUT2D eigenvalue weighted by Gasteiger charge is 2.45. The smallest absolute Gasteiger partial charge is 0.315 e. The van der Waals surface area contributed by atoms with Crippen molar-refractivity contribution in [2.45, 2.75) is 6.54 Å². The number of hydrogen-bond acceptors (Lipinski definition) is 4. The molecule has 21 heavy (non-hydrogen) atoms. The summed E-state index contributed by atoms with van der Waals surface area (Å²) in [5.74, 6) is -1.56. The van der Waals surface area contributed by atoms with Crippen LogP contribution in [-0.2, 0) is 16.1 Å². The third-order valence-corrected chi connectivity index (χ3v) is 4.60. The van der Waals surface area contributed by atoms with E-state index in [1.54, 1.807) is 11.3 Å². The molecule has 1 aliphatic heterocycles. The molecule has 6 nitrogen and oxygen atoms in total. The van der Waals surface area contributed by atoms with Crippen LogP contribution in [0, 0.1) is 0 Å². The molecule has 1 unspecified atom stereocenters. The van der Waals surface area contributed by atoms with Gasteiger partial charge in [0.15, 0.2) is 6.67 Å². The predicted octanol–water partition coefficient (Wildman–Crippen LogP) is 0.460. The van der Waals surface area contributed by atoms with Gasteiger partial charge in [0.1, 0.15) is 6.54 Å². The maximum Gasteiger partial charge on any atom is 0.339 e. The van der Waals surface area contributed by atoms with E-state index in [1.165, 1.54) is 6.08 Å². The lowest BCUT2D eigenvalue weighted by atomic mass is 10.4. The quantitative estimate of drug-likeness (QED) is 0.448. The normalized spacial score (nSPS) is 16.8. The number of quaternary nitrogens is 1. The summed E-state index contributed by atoms with van der Waals surface area (Å²) in [6.07, 6.45) is 1.42. The summed E-state index contributed by atoms with van der Waals surface area (Å²) < 4.78 is 1.03. The number of nitrogens with zero attached hydrogens (tertiary/aromatic N) is 2. The van der Waals surface area contributed by atoms with Crippen molar-refractivity contribution in [3.63, 3.8) is 0 Å². The lowest BCUT2D eigenvalue weighted by Crippen LogP contribution is -3.09. The maximum absolute atomic E-state index is 12.1. The van der Waals surface area contributed by atoms with Gasteiger partial charge in [0.25, 0.3) is 0 Å². The topological polar surface area (TPSA) is 62.1 Å². The van der Waals surface area contributed by atoms with Crippen molar-refractivity contribution in [3.05, 3.63) is 33.5 Å². The van der Waals surface area contributed by atoms with Gasteiger partial charge in [-0.1, -0.05) is 6.08 Å². The first-order valence-corrected chi connectivity index (χ1v) is 7.88. The molecular formula is C13H15BrN3O3S+. The summed E-state index contributed by atoms with van der Waals surface area (Å²) in [7, 11) is 1.87. The molecule has 0 aromatic carbocycles. The summed E-state index contributed by atoms with van der Waals surface area (Å²) >= 11 is 4.99.